The maximum Gasteiger partial charge on any atom is 0.247 e. The zero-order valence-corrected chi connectivity index (χ0v) is 12.5. The van der Waals surface area contributed by atoms with Gasteiger partial charge in [-0.1, -0.05) is 26.3 Å². The molecule has 3 rings (SSSR count). The first kappa shape index (κ1) is 13.8. The first-order valence-electron chi connectivity index (χ1n) is 8.19. The molecule has 2 saturated carbocycles. The van der Waals surface area contributed by atoms with Crippen molar-refractivity contribution in [3.63, 3.8) is 0 Å². The van der Waals surface area contributed by atoms with Crippen molar-refractivity contribution < 1.29 is 9.59 Å². The summed E-state index contributed by atoms with van der Waals surface area (Å²) in [6.45, 7) is 4.32. The first-order valence-corrected chi connectivity index (χ1v) is 8.19. The molecule has 0 aromatic heterocycles. The second-order valence-electron chi connectivity index (χ2n) is 6.73. The lowest BCUT2D eigenvalue weighted by Gasteiger charge is -2.30. The number of fused-ring (bicyclic) bond motifs is 1. The van der Waals surface area contributed by atoms with E-state index in [0.717, 1.165) is 37.7 Å². The van der Waals surface area contributed by atoms with Gasteiger partial charge in [0, 0.05) is 24.0 Å². The van der Waals surface area contributed by atoms with Crippen molar-refractivity contribution in [2.75, 3.05) is 0 Å². The van der Waals surface area contributed by atoms with Crippen LogP contribution in [0.5, 0.6) is 0 Å². The Hall–Kier alpha value is -1.12. The van der Waals surface area contributed by atoms with Gasteiger partial charge in [0.15, 0.2) is 0 Å². The van der Waals surface area contributed by atoms with Crippen molar-refractivity contribution in [3.8, 4) is 0 Å². The molecule has 0 saturated heterocycles. The summed E-state index contributed by atoms with van der Waals surface area (Å²) in [4.78, 5) is 24.5. The number of nitrogens with one attached hydrogen (secondary N) is 1. The maximum absolute atomic E-state index is 12.5. The van der Waals surface area contributed by atoms with Crippen molar-refractivity contribution in [1.29, 1.82) is 0 Å². The molecule has 0 radical (unpaired) electrons. The molecule has 0 heterocycles. The number of allylic oxidation sites excluding steroid dienone is 1. The van der Waals surface area contributed by atoms with E-state index in [1.165, 1.54) is 0 Å². The lowest BCUT2D eigenvalue weighted by atomic mass is 9.75. The number of Topliss-reactive ketones (excluding diaryl/α,β-unsaturated/α-hetero) is 1. The number of carbonyl (C=O) groups is 2. The summed E-state index contributed by atoms with van der Waals surface area (Å²) in [7, 11) is 0. The molecule has 3 nitrogen and oxygen atoms in total. The summed E-state index contributed by atoms with van der Waals surface area (Å²) < 4.78 is 0. The SMILES string of the molecule is CC[C@H]1C=C(C(=O)N[C@H]2C[C@H]2CC)[C@H]2CCC(=O)[C@H]2C1. The highest BCUT2D eigenvalue weighted by Crippen LogP contribution is 2.44. The predicted molar refractivity (Wildman–Crippen MR) is 78.0 cm³/mol. The molecule has 0 aromatic carbocycles. The van der Waals surface area contributed by atoms with Crippen LogP contribution in [0.15, 0.2) is 11.6 Å². The van der Waals surface area contributed by atoms with Crippen molar-refractivity contribution in [1.82, 2.24) is 5.32 Å². The van der Waals surface area contributed by atoms with Crippen LogP contribution in [0.25, 0.3) is 0 Å². The number of rotatable bonds is 4. The average Bonchev–Trinajstić information content (AvgIpc) is 3.11. The Bertz CT molecular complexity index is 454. The fourth-order valence-corrected chi connectivity index (χ4v) is 4.00. The number of ketones is 1. The Morgan fingerprint density at radius 2 is 2.05 bits per heavy atom. The zero-order valence-electron chi connectivity index (χ0n) is 12.5. The highest BCUT2D eigenvalue weighted by Gasteiger charge is 2.44. The Morgan fingerprint density at radius 3 is 2.70 bits per heavy atom. The van der Waals surface area contributed by atoms with Crippen LogP contribution < -0.4 is 5.32 Å². The first-order chi connectivity index (χ1) is 9.63. The average molecular weight is 275 g/mol. The smallest absolute Gasteiger partial charge is 0.247 e. The Labute approximate surface area is 121 Å². The standard InChI is InChI=1S/C17H25NO2/c1-3-10-7-13-12(5-6-16(13)19)14(8-10)17(20)18-15-9-11(15)4-2/h8,10-13,15H,3-7,9H2,1-2H3,(H,18,20)/t10-,11-,12+,13+,15+/m1/s1. The fourth-order valence-electron chi connectivity index (χ4n) is 4.00. The van der Waals surface area contributed by atoms with Crippen molar-refractivity contribution >= 4 is 11.7 Å². The van der Waals surface area contributed by atoms with Gasteiger partial charge in [0.25, 0.3) is 0 Å². The summed E-state index contributed by atoms with van der Waals surface area (Å²) in [6.07, 6.45) is 7.95. The molecule has 3 aliphatic rings. The quantitative estimate of drug-likeness (QED) is 0.857. The molecule has 3 heteroatoms. The maximum atomic E-state index is 12.5. The van der Waals surface area contributed by atoms with Crippen LogP contribution in [0, 0.1) is 23.7 Å². The van der Waals surface area contributed by atoms with Crippen LogP contribution in [-0.4, -0.2) is 17.7 Å². The van der Waals surface area contributed by atoms with E-state index < -0.39 is 0 Å². The molecule has 1 amide bonds. The minimum absolute atomic E-state index is 0.105. The number of hydrogen-bond acceptors (Lipinski definition) is 2. The minimum atomic E-state index is 0.105. The third kappa shape index (κ3) is 2.43. The van der Waals surface area contributed by atoms with E-state index in [9.17, 15) is 9.59 Å². The van der Waals surface area contributed by atoms with Crippen molar-refractivity contribution in [3.05, 3.63) is 11.6 Å². The van der Waals surface area contributed by atoms with E-state index in [1.807, 2.05) is 0 Å². The summed E-state index contributed by atoms with van der Waals surface area (Å²) in [5, 5.41) is 3.18. The van der Waals surface area contributed by atoms with Gasteiger partial charge in [0.05, 0.1) is 0 Å². The second kappa shape index (κ2) is 5.34. The Morgan fingerprint density at radius 1 is 1.25 bits per heavy atom. The topological polar surface area (TPSA) is 46.2 Å². The number of amides is 1. The van der Waals surface area contributed by atoms with Crippen LogP contribution in [0.3, 0.4) is 0 Å². The van der Waals surface area contributed by atoms with Gasteiger partial charge in [-0.15, -0.1) is 0 Å². The molecule has 3 aliphatic carbocycles. The zero-order chi connectivity index (χ0) is 14.3. The van der Waals surface area contributed by atoms with Crippen LogP contribution in [-0.2, 0) is 9.59 Å². The summed E-state index contributed by atoms with van der Waals surface area (Å²) >= 11 is 0. The molecule has 0 aromatic rings. The molecule has 20 heavy (non-hydrogen) atoms. The Kier molecular flexibility index (Phi) is 3.70. The van der Waals surface area contributed by atoms with Crippen molar-refractivity contribution in [2.45, 2.75) is 58.4 Å². The molecule has 2 fully saturated rings. The number of hydrogen-bond donors (Lipinski definition) is 1. The van der Waals surface area contributed by atoms with E-state index >= 15 is 0 Å². The lowest BCUT2D eigenvalue weighted by Crippen LogP contribution is -2.35. The largest absolute Gasteiger partial charge is 0.349 e. The van der Waals surface area contributed by atoms with Gasteiger partial charge in [0.2, 0.25) is 5.91 Å². The predicted octanol–water partition coefficient (Wildman–Crippen LogP) is 2.85. The van der Waals surface area contributed by atoms with Gasteiger partial charge in [-0.3, -0.25) is 9.59 Å². The van der Waals surface area contributed by atoms with Crippen LogP contribution in [0.1, 0.15) is 52.4 Å². The van der Waals surface area contributed by atoms with Gasteiger partial charge < -0.3 is 5.32 Å². The van der Waals surface area contributed by atoms with E-state index in [-0.39, 0.29) is 17.7 Å². The monoisotopic (exact) mass is 275 g/mol. The molecule has 0 aliphatic heterocycles. The van der Waals surface area contributed by atoms with Gasteiger partial charge >= 0.3 is 0 Å². The summed E-state index contributed by atoms with van der Waals surface area (Å²) in [5.74, 6) is 1.88. The van der Waals surface area contributed by atoms with Crippen LogP contribution in [0.2, 0.25) is 0 Å². The van der Waals surface area contributed by atoms with Crippen molar-refractivity contribution in [2.24, 2.45) is 23.7 Å². The van der Waals surface area contributed by atoms with Gasteiger partial charge in [-0.05, 0) is 43.4 Å². The number of carbonyl (C=O) groups excluding carboxylic acids is 2. The molecule has 1 N–H and O–H groups in total. The third-order valence-electron chi connectivity index (χ3n) is 5.52. The molecule has 5 atom stereocenters. The highest BCUT2D eigenvalue weighted by atomic mass is 16.2. The minimum Gasteiger partial charge on any atom is -0.349 e. The highest BCUT2D eigenvalue weighted by molar-refractivity contribution is 5.97. The third-order valence-corrected chi connectivity index (χ3v) is 5.52. The second-order valence-corrected chi connectivity index (χ2v) is 6.73. The van der Waals surface area contributed by atoms with Gasteiger partial charge in [-0.25, -0.2) is 0 Å². The van der Waals surface area contributed by atoms with E-state index in [4.69, 9.17) is 0 Å². The summed E-state index contributed by atoms with van der Waals surface area (Å²) in [6, 6.07) is 0.381. The van der Waals surface area contributed by atoms with Gasteiger partial charge in [-0.2, -0.15) is 0 Å². The normalized spacial score (nSPS) is 39.2. The molecule has 110 valence electrons. The van der Waals surface area contributed by atoms with Crippen LogP contribution >= 0.6 is 0 Å². The van der Waals surface area contributed by atoms with Gasteiger partial charge in [0.1, 0.15) is 5.78 Å². The molecular formula is C17H25NO2. The van der Waals surface area contributed by atoms with E-state index in [1.54, 1.807) is 0 Å². The molecular weight excluding hydrogens is 250 g/mol. The van der Waals surface area contributed by atoms with Crippen LogP contribution in [0.4, 0.5) is 0 Å². The molecule has 0 unspecified atom stereocenters. The van der Waals surface area contributed by atoms with E-state index in [0.29, 0.717) is 30.1 Å². The molecule has 0 spiro atoms. The fraction of sp³-hybridized carbons (Fsp3) is 0.765. The van der Waals surface area contributed by atoms with E-state index in [2.05, 4.69) is 25.2 Å². The Balaban J connectivity index is 1.73. The lowest BCUT2D eigenvalue weighted by molar-refractivity contribution is -0.122. The molecule has 0 bridgehead atoms. The summed E-state index contributed by atoms with van der Waals surface area (Å²) in [5.41, 5.74) is 0.917.